The predicted molar refractivity (Wildman–Crippen MR) is 67.1 cm³/mol. The Labute approximate surface area is 112 Å². The van der Waals surface area contributed by atoms with E-state index in [-0.39, 0.29) is 12.8 Å². The second kappa shape index (κ2) is 6.41. The molecule has 0 aromatic rings. The number of nitrogens with zero attached hydrogens (tertiary/aromatic N) is 2. The second-order valence-corrected chi connectivity index (χ2v) is 5.70. The van der Waals surface area contributed by atoms with Gasteiger partial charge in [-0.1, -0.05) is 0 Å². The zero-order valence-corrected chi connectivity index (χ0v) is 11.5. The quantitative estimate of drug-likeness (QED) is 0.783. The summed E-state index contributed by atoms with van der Waals surface area (Å²) in [6, 6.07) is 0. The molecule has 1 unspecified atom stereocenters. The van der Waals surface area contributed by atoms with Crippen molar-refractivity contribution in [3.63, 3.8) is 0 Å². The normalized spacial score (nSPS) is 28.1. The van der Waals surface area contributed by atoms with E-state index in [1.807, 2.05) is 0 Å². The molecule has 3 nitrogen and oxygen atoms in total. The van der Waals surface area contributed by atoms with Crippen LogP contribution >= 0.6 is 0 Å². The average Bonchev–Trinajstić information content (AvgIpc) is 2.75. The minimum Gasteiger partial charge on any atom is -0.376 e. The van der Waals surface area contributed by atoms with Gasteiger partial charge in [-0.15, -0.1) is 0 Å². The Morgan fingerprint density at radius 1 is 1.11 bits per heavy atom. The molecule has 0 N–H and O–H groups in total. The van der Waals surface area contributed by atoms with Gasteiger partial charge in [0.05, 0.1) is 18.6 Å². The average molecular weight is 280 g/mol. The van der Waals surface area contributed by atoms with Crippen LogP contribution in [0, 0.1) is 5.92 Å². The van der Waals surface area contributed by atoms with Crippen molar-refractivity contribution in [3.8, 4) is 0 Å². The third kappa shape index (κ3) is 4.61. The molecule has 0 bridgehead atoms. The van der Waals surface area contributed by atoms with Gasteiger partial charge in [-0.25, -0.2) is 0 Å². The van der Waals surface area contributed by atoms with Crippen LogP contribution in [-0.4, -0.2) is 68.5 Å². The fourth-order valence-corrected chi connectivity index (χ4v) is 2.86. The summed E-state index contributed by atoms with van der Waals surface area (Å²) in [4.78, 5) is 4.32. The number of rotatable bonds is 4. The molecule has 0 spiro atoms. The lowest BCUT2D eigenvalue weighted by Crippen LogP contribution is -2.40. The number of likely N-dealkylation sites (tertiary alicyclic amines) is 2. The molecule has 0 aromatic heterocycles. The van der Waals surface area contributed by atoms with Crippen LogP contribution < -0.4 is 0 Å². The topological polar surface area (TPSA) is 15.7 Å². The molecule has 0 radical (unpaired) electrons. The Kier molecular flexibility index (Phi) is 5.09. The van der Waals surface area contributed by atoms with Gasteiger partial charge in [0.25, 0.3) is 0 Å². The molecule has 0 aromatic carbocycles. The third-order valence-corrected chi connectivity index (χ3v) is 4.16. The molecule has 1 atom stereocenters. The largest absolute Gasteiger partial charge is 0.391 e. The molecule has 2 aliphatic heterocycles. The molecule has 2 fully saturated rings. The van der Waals surface area contributed by atoms with Gasteiger partial charge in [0, 0.05) is 19.6 Å². The predicted octanol–water partition coefficient (Wildman–Crippen LogP) is 1.98. The zero-order chi connectivity index (χ0) is 13.9. The molecule has 2 aliphatic rings. The molecular formula is C13H23F3N2O. The summed E-state index contributed by atoms with van der Waals surface area (Å²) in [6.45, 7) is 4.51. The SMILES string of the molecule is CN1CCC(OCCN2CCC(C(F)(F)F)CC2)C1. The summed E-state index contributed by atoms with van der Waals surface area (Å²) in [5.74, 6) is -1.10. The van der Waals surface area contributed by atoms with Crippen LogP contribution in [0.1, 0.15) is 19.3 Å². The van der Waals surface area contributed by atoms with Gasteiger partial charge in [0.1, 0.15) is 0 Å². The second-order valence-electron chi connectivity index (χ2n) is 5.70. The smallest absolute Gasteiger partial charge is 0.376 e. The van der Waals surface area contributed by atoms with Gasteiger partial charge >= 0.3 is 6.18 Å². The first-order chi connectivity index (χ1) is 8.95. The maximum Gasteiger partial charge on any atom is 0.391 e. The molecular weight excluding hydrogens is 257 g/mol. The number of hydrogen-bond donors (Lipinski definition) is 0. The van der Waals surface area contributed by atoms with Gasteiger partial charge in [-0.05, 0) is 39.4 Å². The van der Waals surface area contributed by atoms with Crippen LogP contribution in [-0.2, 0) is 4.74 Å². The third-order valence-electron chi connectivity index (χ3n) is 4.16. The molecule has 2 heterocycles. The first-order valence-corrected chi connectivity index (χ1v) is 7.04. The summed E-state index contributed by atoms with van der Waals surface area (Å²) in [5.41, 5.74) is 0. The van der Waals surface area contributed by atoms with Crippen molar-refractivity contribution in [1.29, 1.82) is 0 Å². The first-order valence-electron chi connectivity index (χ1n) is 7.04. The van der Waals surface area contributed by atoms with Crippen molar-refractivity contribution in [2.45, 2.75) is 31.5 Å². The zero-order valence-electron chi connectivity index (χ0n) is 11.5. The van der Waals surface area contributed by atoms with E-state index < -0.39 is 12.1 Å². The van der Waals surface area contributed by atoms with Crippen molar-refractivity contribution in [2.24, 2.45) is 5.92 Å². The van der Waals surface area contributed by atoms with E-state index in [4.69, 9.17) is 4.74 Å². The molecule has 6 heteroatoms. The number of piperidine rings is 1. The first kappa shape index (κ1) is 15.1. The maximum absolute atomic E-state index is 12.5. The molecule has 2 saturated heterocycles. The molecule has 19 heavy (non-hydrogen) atoms. The van der Waals surface area contributed by atoms with Crippen LogP contribution in [0.25, 0.3) is 0 Å². The van der Waals surface area contributed by atoms with Crippen molar-refractivity contribution < 1.29 is 17.9 Å². The molecule has 0 aliphatic carbocycles. The van der Waals surface area contributed by atoms with Gasteiger partial charge in [0.15, 0.2) is 0 Å². The Hall–Kier alpha value is -0.330. The van der Waals surface area contributed by atoms with Crippen LogP contribution in [0.5, 0.6) is 0 Å². The Morgan fingerprint density at radius 3 is 2.32 bits per heavy atom. The van der Waals surface area contributed by atoms with E-state index in [2.05, 4.69) is 16.8 Å². The molecule has 112 valence electrons. The highest BCUT2D eigenvalue weighted by Crippen LogP contribution is 2.33. The fourth-order valence-electron chi connectivity index (χ4n) is 2.86. The van der Waals surface area contributed by atoms with E-state index in [1.54, 1.807) is 0 Å². The van der Waals surface area contributed by atoms with Crippen LogP contribution in [0.15, 0.2) is 0 Å². The minimum absolute atomic E-state index is 0.232. The summed E-state index contributed by atoms with van der Waals surface area (Å²) in [5, 5.41) is 0. The summed E-state index contributed by atoms with van der Waals surface area (Å²) >= 11 is 0. The number of alkyl halides is 3. The van der Waals surface area contributed by atoms with E-state index in [9.17, 15) is 13.2 Å². The van der Waals surface area contributed by atoms with E-state index >= 15 is 0 Å². The van der Waals surface area contributed by atoms with Crippen molar-refractivity contribution in [1.82, 2.24) is 9.80 Å². The molecule has 0 amide bonds. The van der Waals surface area contributed by atoms with Gasteiger partial charge in [0.2, 0.25) is 0 Å². The number of ether oxygens (including phenoxy) is 1. The summed E-state index contributed by atoms with van der Waals surface area (Å²) in [6.07, 6.45) is -2.19. The van der Waals surface area contributed by atoms with Crippen LogP contribution in [0.2, 0.25) is 0 Å². The lowest BCUT2D eigenvalue weighted by atomic mass is 9.96. The molecule has 2 rings (SSSR count). The van der Waals surface area contributed by atoms with E-state index in [0.29, 0.717) is 25.8 Å². The van der Waals surface area contributed by atoms with Crippen molar-refractivity contribution in [3.05, 3.63) is 0 Å². The fraction of sp³-hybridized carbons (Fsp3) is 1.00. The monoisotopic (exact) mass is 280 g/mol. The van der Waals surface area contributed by atoms with Gasteiger partial charge < -0.3 is 14.5 Å². The summed E-state index contributed by atoms with van der Waals surface area (Å²) in [7, 11) is 2.07. The Balaban J connectivity index is 1.58. The maximum atomic E-state index is 12.5. The van der Waals surface area contributed by atoms with E-state index in [1.165, 1.54) is 0 Å². The van der Waals surface area contributed by atoms with Crippen LogP contribution in [0.3, 0.4) is 0 Å². The highest BCUT2D eigenvalue weighted by atomic mass is 19.4. The molecule has 0 saturated carbocycles. The number of hydrogen-bond acceptors (Lipinski definition) is 3. The number of halogens is 3. The lowest BCUT2D eigenvalue weighted by molar-refractivity contribution is -0.185. The summed E-state index contributed by atoms with van der Waals surface area (Å²) < 4.78 is 43.3. The van der Waals surface area contributed by atoms with E-state index in [0.717, 1.165) is 26.1 Å². The van der Waals surface area contributed by atoms with Crippen molar-refractivity contribution in [2.75, 3.05) is 46.4 Å². The Morgan fingerprint density at radius 2 is 1.79 bits per heavy atom. The van der Waals surface area contributed by atoms with Crippen molar-refractivity contribution >= 4 is 0 Å². The highest BCUT2D eigenvalue weighted by molar-refractivity contribution is 4.77. The standard InChI is InChI=1S/C13H23F3N2O/c1-17-5-4-12(10-17)19-9-8-18-6-2-11(3-7-18)13(14,15)16/h11-12H,2-10H2,1H3. The Bertz CT molecular complexity index is 278. The van der Waals surface area contributed by atoms with Crippen LogP contribution in [0.4, 0.5) is 13.2 Å². The van der Waals surface area contributed by atoms with Gasteiger partial charge in [-0.3, -0.25) is 0 Å². The minimum atomic E-state index is -4.02. The highest BCUT2D eigenvalue weighted by Gasteiger charge is 2.40. The van der Waals surface area contributed by atoms with Gasteiger partial charge in [-0.2, -0.15) is 13.2 Å². The lowest BCUT2D eigenvalue weighted by Gasteiger charge is -2.32. The number of likely N-dealkylation sites (N-methyl/N-ethyl adjacent to an activating group) is 1.